The first-order valence-corrected chi connectivity index (χ1v) is 33.9. The van der Waals surface area contributed by atoms with Crippen LogP contribution in [0.15, 0.2) is 322 Å². The van der Waals surface area contributed by atoms with Gasteiger partial charge in [-0.1, -0.05) is 273 Å². The van der Waals surface area contributed by atoms with Crippen LogP contribution in [0.25, 0.3) is 145 Å². The van der Waals surface area contributed by atoms with Gasteiger partial charge >= 0.3 is 0 Å². The van der Waals surface area contributed by atoms with Crippen molar-refractivity contribution in [3.8, 4) is 50.2 Å². The molecule has 0 spiro atoms. The maximum Gasteiger partial charge on any atom is 0.181 e. The molecule has 0 fully saturated rings. The standard InChI is InChI=1S/C84H53NS2Si/c1-3-25-59(26-4-1)88(60-27-5-2-6-28-60,81-45-21-42-73-71-37-14-16-44-80(71)86-84(73)81)61-29-18-24-58(53-61)85-78-43-15-13-36-70(78)77-52-57(47-49-79(77)85)62-30-7-8-31-64(62)72-39-20-41-75-74-40-19-38-63(82(74)87-83(72)75)56-23-17-22-54(50-56)55-46-48-69-67-34-10-9-32-65(67)66-33-11-12-35-68(66)76(69)51-55/h1-53H. The number of hydrogen-bond donors (Lipinski definition) is 0. The average Bonchev–Trinajstić information content (AvgIpc) is 1.34. The van der Waals surface area contributed by atoms with Gasteiger partial charge in [0.1, 0.15) is 0 Å². The van der Waals surface area contributed by atoms with E-state index in [2.05, 4.69) is 326 Å². The first-order valence-electron chi connectivity index (χ1n) is 30.3. The van der Waals surface area contributed by atoms with Crippen LogP contribution in [0.1, 0.15) is 0 Å². The summed E-state index contributed by atoms with van der Waals surface area (Å²) in [6.45, 7) is 0. The van der Waals surface area contributed by atoms with Crippen LogP contribution in [0.3, 0.4) is 0 Å². The molecule has 1 nitrogen and oxygen atoms in total. The van der Waals surface area contributed by atoms with E-state index in [9.17, 15) is 0 Å². The Balaban J connectivity index is 0.757. The monoisotopic (exact) mass is 1170 g/mol. The molecule has 3 heterocycles. The number of rotatable bonds is 9. The van der Waals surface area contributed by atoms with Gasteiger partial charge in [0.25, 0.3) is 0 Å². The van der Waals surface area contributed by atoms with Crippen molar-refractivity contribution >= 4 is 146 Å². The molecule has 0 aliphatic carbocycles. The van der Waals surface area contributed by atoms with Gasteiger partial charge in [-0.15, -0.1) is 22.7 Å². The molecular formula is C84H53NS2Si. The summed E-state index contributed by atoms with van der Waals surface area (Å²) in [6.07, 6.45) is 0. The Kier molecular flexibility index (Phi) is 11.7. The average molecular weight is 1170 g/mol. The second-order valence-corrected chi connectivity index (χ2v) is 29.2. The van der Waals surface area contributed by atoms with Crippen LogP contribution >= 0.6 is 22.7 Å². The molecule has 0 unspecified atom stereocenters. The van der Waals surface area contributed by atoms with E-state index in [0.717, 1.165) is 5.69 Å². The van der Waals surface area contributed by atoms with Crippen LogP contribution in [0.2, 0.25) is 0 Å². The van der Waals surface area contributed by atoms with E-state index in [1.165, 1.54) is 160 Å². The second kappa shape index (κ2) is 20.3. The third kappa shape index (κ3) is 7.76. The molecule has 0 aliphatic rings. The first-order chi connectivity index (χ1) is 43.7. The minimum absolute atomic E-state index is 1.16. The Bertz CT molecular complexity index is 5760. The van der Waals surface area contributed by atoms with Gasteiger partial charge in [0, 0.05) is 62.4 Å². The van der Waals surface area contributed by atoms with Gasteiger partial charge in [0.15, 0.2) is 8.07 Å². The molecule has 0 bridgehead atoms. The number of hydrogen-bond acceptors (Lipinski definition) is 2. The number of benzene rings is 15. The summed E-state index contributed by atoms with van der Waals surface area (Å²) in [5, 5.41) is 20.9. The highest BCUT2D eigenvalue weighted by Gasteiger charge is 2.43. The Hall–Kier alpha value is -10.5. The predicted octanol–water partition coefficient (Wildman–Crippen LogP) is 21.0. The zero-order valence-corrected chi connectivity index (χ0v) is 50.5. The first kappa shape index (κ1) is 50.8. The lowest BCUT2D eigenvalue weighted by Crippen LogP contribution is -2.74. The maximum absolute atomic E-state index is 2.99. The highest BCUT2D eigenvalue weighted by molar-refractivity contribution is 7.30. The van der Waals surface area contributed by atoms with Gasteiger partial charge in [-0.2, -0.15) is 0 Å². The molecule has 18 aromatic rings. The summed E-state index contributed by atoms with van der Waals surface area (Å²) in [5.74, 6) is 0. The van der Waals surface area contributed by atoms with Crippen LogP contribution in [0, 0.1) is 0 Å². The van der Waals surface area contributed by atoms with Gasteiger partial charge < -0.3 is 4.57 Å². The quantitative estimate of drug-likeness (QED) is 0.0771. The van der Waals surface area contributed by atoms with E-state index in [-0.39, 0.29) is 0 Å². The summed E-state index contributed by atoms with van der Waals surface area (Å²) in [4.78, 5) is 0. The summed E-state index contributed by atoms with van der Waals surface area (Å²) < 4.78 is 7.80. The van der Waals surface area contributed by atoms with E-state index in [1.54, 1.807) is 0 Å². The molecule has 0 radical (unpaired) electrons. The summed E-state index contributed by atoms with van der Waals surface area (Å²) in [6, 6.07) is 121. The Morgan fingerprint density at radius 3 is 1.43 bits per heavy atom. The normalized spacial score (nSPS) is 12.1. The van der Waals surface area contributed by atoms with Gasteiger partial charge in [-0.3, -0.25) is 0 Å². The van der Waals surface area contributed by atoms with Gasteiger partial charge in [0.05, 0.1) is 11.0 Å². The Morgan fingerprint density at radius 1 is 0.227 bits per heavy atom. The zero-order chi connectivity index (χ0) is 57.9. The van der Waals surface area contributed by atoms with E-state index in [4.69, 9.17) is 0 Å². The predicted molar refractivity (Wildman–Crippen MR) is 384 cm³/mol. The molecule has 0 saturated carbocycles. The van der Waals surface area contributed by atoms with Crippen molar-refractivity contribution in [3.05, 3.63) is 322 Å². The molecular weight excluding hydrogens is 1120 g/mol. The minimum Gasteiger partial charge on any atom is -0.309 e. The van der Waals surface area contributed by atoms with Crippen molar-refractivity contribution in [1.29, 1.82) is 0 Å². The van der Waals surface area contributed by atoms with Crippen LogP contribution in [-0.4, -0.2) is 12.6 Å². The smallest absolute Gasteiger partial charge is 0.181 e. The largest absolute Gasteiger partial charge is 0.309 e. The van der Waals surface area contributed by atoms with Crippen LogP contribution < -0.4 is 20.7 Å². The molecule has 0 amide bonds. The minimum atomic E-state index is -2.99. The number of thiophene rings is 2. The zero-order valence-electron chi connectivity index (χ0n) is 47.9. The van der Waals surface area contributed by atoms with Gasteiger partial charge in [-0.05, 0) is 141 Å². The molecule has 0 aliphatic heterocycles. The lowest BCUT2D eigenvalue weighted by molar-refractivity contribution is 1.18. The van der Waals surface area contributed by atoms with Crippen LogP contribution in [0.4, 0.5) is 0 Å². The third-order valence-electron chi connectivity index (χ3n) is 18.7. The van der Waals surface area contributed by atoms with E-state index in [0.29, 0.717) is 0 Å². The highest BCUT2D eigenvalue weighted by Crippen LogP contribution is 2.47. The van der Waals surface area contributed by atoms with Crippen molar-refractivity contribution in [1.82, 2.24) is 4.57 Å². The van der Waals surface area contributed by atoms with Crippen molar-refractivity contribution in [2.45, 2.75) is 0 Å². The van der Waals surface area contributed by atoms with E-state index < -0.39 is 8.07 Å². The van der Waals surface area contributed by atoms with Crippen LogP contribution in [-0.2, 0) is 0 Å². The van der Waals surface area contributed by atoms with Crippen molar-refractivity contribution in [2.24, 2.45) is 0 Å². The summed E-state index contributed by atoms with van der Waals surface area (Å²) >= 11 is 3.85. The van der Waals surface area contributed by atoms with Crippen molar-refractivity contribution in [3.63, 3.8) is 0 Å². The molecule has 0 N–H and O–H groups in total. The lowest BCUT2D eigenvalue weighted by Gasteiger charge is -2.35. The molecule has 88 heavy (non-hydrogen) atoms. The fraction of sp³-hybridized carbons (Fsp3) is 0. The number of aromatic nitrogens is 1. The molecule has 3 aromatic heterocycles. The summed E-state index contributed by atoms with van der Waals surface area (Å²) in [7, 11) is -2.99. The topological polar surface area (TPSA) is 4.93 Å². The molecule has 0 saturated heterocycles. The second-order valence-electron chi connectivity index (χ2n) is 23.3. The lowest BCUT2D eigenvalue weighted by atomic mass is 9.91. The SMILES string of the molecule is c1ccc([Si](c2ccccc2)(c2cccc(-n3c4ccccc4c4cc(-c5ccccc5-c5cccc6c5sc5c(-c7cccc(-c8ccc9c%10ccccc%10c%10ccccc%10c9c8)c7)cccc56)ccc43)c2)c2cccc3c2sc2ccccc23)cc1. The van der Waals surface area contributed by atoms with Crippen LogP contribution in [0.5, 0.6) is 0 Å². The van der Waals surface area contributed by atoms with Crippen molar-refractivity contribution < 1.29 is 0 Å². The Labute approximate surface area is 518 Å². The van der Waals surface area contributed by atoms with E-state index >= 15 is 0 Å². The molecule has 15 aromatic carbocycles. The fourth-order valence-electron chi connectivity index (χ4n) is 14.9. The fourth-order valence-corrected chi connectivity index (χ4v) is 22.8. The van der Waals surface area contributed by atoms with E-state index in [1.807, 2.05) is 22.7 Å². The van der Waals surface area contributed by atoms with Gasteiger partial charge in [-0.25, -0.2) is 0 Å². The molecule has 0 atom stereocenters. The number of nitrogens with zero attached hydrogens (tertiary/aromatic N) is 1. The molecule has 410 valence electrons. The maximum atomic E-state index is 2.52. The third-order valence-corrected chi connectivity index (χ3v) is 26.2. The summed E-state index contributed by atoms with van der Waals surface area (Å²) in [5.41, 5.74) is 13.3. The van der Waals surface area contributed by atoms with Crippen molar-refractivity contribution in [2.75, 3.05) is 0 Å². The highest BCUT2D eigenvalue weighted by atomic mass is 32.1. The number of para-hydroxylation sites is 1. The molecule has 4 heteroatoms. The number of fused-ring (bicyclic) bond motifs is 15. The van der Waals surface area contributed by atoms with Gasteiger partial charge in [0.2, 0.25) is 0 Å². The Morgan fingerprint density at radius 2 is 0.693 bits per heavy atom. The molecule has 18 rings (SSSR count).